The maximum absolute atomic E-state index is 13.6. The van der Waals surface area contributed by atoms with Crippen molar-refractivity contribution in [2.24, 2.45) is 0 Å². The molecule has 1 amide bonds. The molecule has 0 spiro atoms. The maximum atomic E-state index is 13.6. The molecule has 5 rings (SSSR count). The number of aryl methyl sites for hydroxylation is 2. The zero-order chi connectivity index (χ0) is 27.5. The summed E-state index contributed by atoms with van der Waals surface area (Å²) in [7, 11) is 0. The van der Waals surface area contributed by atoms with Gasteiger partial charge in [-0.1, -0.05) is 58.7 Å². The Hall–Kier alpha value is -4.28. The lowest BCUT2D eigenvalue weighted by Gasteiger charge is -2.20. The van der Waals surface area contributed by atoms with Crippen LogP contribution in [0.4, 0.5) is 5.82 Å². The molecule has 2 aromatic carbocycles. The van der Waals surface area contributed by atoms with E-state index < -0.39 is 11.6 Å². The van der Waals surface area contributed by atoms with Gasteiger partial charge in [0, 0.05) is 35.7 Å². The van der Waals surface area contributed by atoms with E-state index in [4.69, 9.17) is 23.2 Å². The molecule has 0 saturated carbocycles. The van der Waals surface area contributed by atoms with Gasteiger partial charge < -0.3 is 5.32 Å². The zero-order valence-corrected chi connectivity index (χ0v) is 22.6. The van der Waals surface area contributed by atoms with E-state index in [2.05, 4.69) is 25.7 Å². The Labute approximate surface area is 233 Å². The van der Waals surface area contributed by atoms with Crippen LogP contribution in [0.2, 0.25) is 10.2 Å². The number of carbonyl (C=O) groups is 1. The molecule has 0 bridgehead atoms. The van der Waals surface area contributed by atoms with Crippen LogP contribution in [0.5, 0.6) is 0 Å². The van der Waals surface area contributed by atoms with Crippen LogP contribution in [0.25, 0.3) is 16.9 Å². The summed E-state index contributed by atoms with van der Waals surface area (Å²) in [6.07, 6.45) is 3.21. The van der Waals surface area contributed by atoms with Crippen LogP contribution in [0.1, 0.15) is 24.2 Å². The molecule has 5 aromatic rings. The van der Waals surface area contributed by atoms with Gasteiger partial charge in [-0.2, -0.15) is 5.10 Å². The average molecular weight is 563 g/mol. The fourth-order valence-corrected chi connectivity index (χ4v) is 4.62. The molecule has 0 radical (unpaired) electrons. The fraction of sp³-hybridized carbons (Fsp3) is 0.185. The van der Waals surface area contributed by atoms with Crippen LogP contribution >= 0.6 is 23.2 Å². The van der Waals surface area contributed by atoms with Crippen molar-refractivity contribution in [3.63, 3.8) is 0 Å². The number of carbonyl (C=O) groups excluding carboxylic acids is 1. The van der Waals surface area contributed by atoms with Gasteiger partial charge in [-0.3, -0.25) is 14.2 Å². The first-order valence-electron chi connectivity index (χ1n) is 12.2. The molecule has 198 valence electrons. The number of nitrogens with zero attached hydrogens (tertiary/aromatic N) is 7. The summed E-state index contributed by atoms with van der Waals surface area (Å²) in [5, 5.41) is 15.8. The highest BCUT2D eigenvalue weighted by Gasteiger charge is 2.24. The maximum Gasteiger partial charge on any atom is 0.254 e. The second kappa shape index (κ2) is 11.2. The fourth-order valence-electron chi connectivity index (χ4n) is 4.32. The normalized spacial score (nSPS) is 11.9. The third kappa shape index (κ3) is 5.76. The van der Waals surface area contributed by atoms with Crippen molar-refractivity contribution in [3.05, 3.63) is 105 Å². The molecular weight excluding hydrogens is 539 g/mol. The lowest BCUT2D eigenvalue weighted by molar-refractivity contribution is -0.119. The van der Waals surface area contributed by atoms with Gasteiger partial charge in [-0.05, 0) is 37.6 Å². The molecule has 3 heterocycles. The van der Waals surface area contributed by atoms with Crippen molar-refractivity contribution in [2.75, 3.05) is 5.32 Å². The van der Waals surface area contributed by atoms with Gasteiger partial charge in [-0.15, -0.1) is 5.10 Å². The number of benzene rings is 2. The van der Waals surface area contributed by atoms with Gasteiger partial charge in [-0.25, -0.2) is 14.3 Å². The van der Waals surface area contributed by atoms with Gasteiger partial charge in [0.1, 0.15) is 11.9 Å². The first-order valence-corrected chi connectivity index (χ1v) is 12.9. The molecule has 0 fully saturated rings. The molecule has 0 aliphatic heterocycles. The van der Waals surface area contributed by atoms with Gasteiger partial charge in [0.2, 0.25) is 5.91 Å². The Kier molecular flexibility index (Phi) is 7.58. The molecule has 0 saturated heterocycles. The summed E-state index contributed by atoms with van der Waals surface area (Å²) in [6, 6.07) is 16.9. The number of hydrogen-bond acceptors (Lipinski definition) is 6. The highest BCUT2D eigenvalue weighted by atomic mass is 35.5. The Morgan fingerprint density at radius 1 is 1.08 bits per heavy atom. The van der Waals surface area contributed by atoms with Crippen LogP contribution < -0.4 is 10.9 Å². The molecule has 0 aliphatic carbocycles. The average Bonchev–Trinajstić information content (AvgIpc) is 3.52. The van der Waals surface area contributed by atoms with Gasteiger partial charge in [0.25, 0.3) is 5.56 Å². The van der Waals surface area contributed by atoms with Crippen LogP contribution in [0.15, 0.2) is 78.0 Å². The quantitative estimate of drug-likeness (QED) is 0.292. The summed E-state index contributed by atoms with van der Waals surface area (Å²) in [4.78, 5) is 31.6. The smallest absolute Gasteiger partial charge is 0.254 e. The van der Waals surface area contributed by atoms with E-state index in [0.717, 1.165) is 11.3 Å². The third-order valence-electron chi connectivity index (χ3n) is 6.15. The van der Waals surface area contributed by atoms with Crippen LogP contribution in [-0.2, 0) is 17.8 Å². The van der Waals surface area contributed by atoms with E-state index in [9.17, 15) is 9.59 Å². The third-order valence-corrected chi connectivity index (χ3v) is 6.55. The Bertz CT molecular complexity index is 1690. The van der Waals surface area contributed by atoms with Crippen molar-refractivity contribution in [2.45, 2.75) is 32.9 Å². The number of halogens is 2. The number of nitrogens with one attached hydrogen (secondary N) is 1. The summed E-state index contributed by atoms with van der Waals surface area (Å²) in [5.74, 6) is 0.205. The first-order chi connectivity index (χ1) is 18.8. The predicted octanol–water partition coefficient (Wildman–Crippen LogP) is 4.75. The summed E-state index contributed by atoms with van der Waals surface area (Å²) in [6.45, 7) is 4.38. The van der Waals surface area contributed by atoms with E-state index in [-0.39, 0.29) is 17.5 Å². The van der Waals surface area contributed by atoms with E-state index in [1.54, 1.807) is 35.1 Å². The van der Waals surface area contributed by atoms with Crippen molar-refractivity contribution in [1.82, 2.24) is 34.3 Å². The molecular formula is C27H24Cl2N8O2. The van der Waals surface area contributed by atoms with Crippen molar-refractivity contribution in [1.29, 1.82) is 0 Å². The Balaban J connectivity index is 1.54. The monoisotopic (exact) mass is 562 g/mol. The van der Waals surface area contributed by atoms with E-state index in [1.165, 1.54) is 21.6 Å². The minimum absolute atomic E-state index is 0.216. The van der Waals surface area contributed by atoms with Crippen molar-refractivity contribution >= 4 is 34.9 Å². The summed E-state index contributed by atoms with van der Waals surface area (Å²) >= 11 is 12.2. The van der Waals surface area contributed by atoms with Crippen molar-refractivity contribution < 1.29 is 4.79 Å². The van der Waals surface area contributed by atoms with Crippen LogP contribution in [0, 0.1) is 6.92 Å². The van der Waals surface area contributed by atoms with Crippen molar-refractivity contribution in [3.8, 4) is 16.9 Å². The van der Waals surface area contributed by atoms with Gasteiger partial charge >= 0.3 is 0 Å². The molecule has 1 N–H and O–H groups in total. The van der Waals surface area contributed by atoms with E-state index in [1.807, 2.05) is 44.2 Å². The number of hydrogen-bond donors (Lipinski definition) is 1. The minimum Gasteiger partial charge on any atom is -0.309 e. The van der Waals surface area contributed by atoms with Crippen LogP contribution in [0.3, 0.4) is 0 Å². The van der Waals surface area contributed by atoms with E-state index >= 15 is 0 Å². The van der Waals surface area contributed by atoms with Gasteiger partial charge in [0.15, 0.2) is 5.15 Å². The number of anilines is 1. The van der Waals surface area contributed by atoms with Crippen LogP contribution in [-0.4, -0.2) is 40.2 Å². The molecule has 0 unspecified atom stereocenters. The Morgan fingerprint density at radius 2 is 1.87 bits per heavy atom. The molecule has 39 heavy (non-hydrogen) atoms. The Morgan fingerprint density at radius 3 is 2.56 bits per heavy atom. The number of amides is 1. The zero-order valence-electron chi connectivity index (χ0n) is 21.1. The second-order valence-electron chi connectivity index (χ2n) is 8.85. The standard InChI is InChI=1S/C27H24Cl2N8O2/c1-3-36-25(11-17(2)33-36)31-27(39)23(12-18-7-5-4-6-8-18)35-16-30-21(14-26(35)38)20-13-19(28)9-10-22(20)37-15-24(29)32-34-37/h4-11,13-16,23H,3,12H2,1-2H3,(H,31,39)/t23-/m0/s1. The highest BCUT2D eigenvalue weighted by molar-refractivity contribution is 6.31. The number of rotatable bonds is 8. The molecule has 12 heteroatoms. The lowest BCUT2D eigenvalue weighted by atomic mass is 10.0. The molecule has 1 atom stereocenters. The molecule has 0 aliphatic rings. The minimum atomic E-state index is -0.866. The lowest BCUT2D eigenvalue weighted by Crippen LogP contribution is -2.35. The predicted molar refractivity (Wildman–Crippen MR) is 149 cm³/mol. The largest absolute Gasteiger partial charge is 0.309 e. The molecule has 3 aromatic heterocycles. The SMILES string of the molecule is CCn1nc(C)cc1NC(=O)[C@H](Cc1ccccc1)n1cnc(-c2cc(Cl)ccc2-n2cc(Cl)nn2)cc1=O. The first kappa shape index (κ1) is 26.3. The topological polar surface area (TPSA) is 113 Å². The second-order valence-corrected chi connectivity index (χ2v) is 9.67. The molecule has 10 nitrogen and oxygen atoms in total. The summed E-state index contributed by atoms with van der Waals surface area (Å²) < 4.78 is 4.52. The summed E-state index contributed by atoms with van der Waals surface area (Å²) in [5.41, 5.74) is 2.78. The number of aromatic nitrogens is 7. The van der Waals surface area contributed by atoms with E-state index in [0.29, 0.717) is 34.3 Å². The highest BCUT2D eigenvalue weighted by Crippen LogP contribution is 2.28. The van der Waals surface area contributed by atoms with Gasteiger partial charge in [0.05, 0.1) is 29.6 Å².